The van der Waals surface area contributed by atoms with Crippen molar-refractivity contribution < 1.29 is 4.74 Å². The van der Waals surface area contributed by atoms with Crippen LogP contribution in [0.3, 0.4) is 0 Å². The molecule has 2 rings (SSSR count). The standard InChI is InChI=1S/C18H24N2O2/c1-12(2)11-20-16(7-5-15(10-19)18(20)21)14-6-8-17(22-4)13(3)9-14/h5-9,12H,10-11,19H2,1-4H3. The fraction of sp³-hybridized carbons (Fsp3) is 0.389. The van der Waals surface area contributed by atoms with Gasteiger partial charge >= 0.3 is 0 Å². The Labute approximate surface area is 131 Å². The van der Waals surface area contributed by atoms with Crippen LogP contribution in [-0.2, 0) is 13.1 Å². The Bertz CT molecular complexity index is 718. The van der Waals surface area contributed by atoms with Crippen LogP contribution in [0.2, 0.25) is 0 Å². The Morgan fingerprint density at radius 3 is 2.50 bits per heavy atom. The molecule has 0 spiro atoms. The predicted octanol–water partition coefficient (Wildman–Crippen LogP) is 2.95. The van der Waals surface area contributed by atoms with Crippen molar-refractivity contribution in [3.8, 4) is 17.0 Å². The van der Waals surface area contributed by atoms with Crippen molar-refractivity contribution in [2.24, 2.45) is 11.7 Å². The fourth-order valence-electron chi connectivity index (χ4n) is 2.62. The van der Waals surface area contributed by atoms with Gasteiger partial charge in [-0.15, -0.1) is 0 Å². The first-order valence-electron chi connectivity index (χ1n) is 7.55. The van der Waals surface area contributed by atoms with Crippen LogP contribution in [0.5, 0.6) is 5.75 Å². The van der Waals surface area contributed by atoms with Crippen LogP contribution in [0, 0.1) is 12.8 Å². The summed E-state index contributed by atoms with van der Waals surface area (Å²) < 4.78 is 7.13. The van der Waals surface area contributed by atoms with Crippen LogP contribution in [0.4, 0.5) is 0 Å². The van der Waals surface area contributed by atoms with E-state index < -0.39 is 0 Å². The Morgan fingerprint density at radius 2 is 1.95 bits per heavy atom. The van der Waals surface area contributed by atoms with Gasteiger partial charge in [0.1, 0.15) is 5.75 Å². The average molecular weight is 300 g/mol. The fourth-order valence-corrected chi connectivity index (χ4v) is 2.62. The van der Waals surface area contributed by atoms with E-state index in [1.807, 2.05) is 41.8 Å². The lowest BCUT2D eigenvalue weighted by molar-refractivity contribution is 0.411. The molecule has 0 aliphatic heterocycles. The number of ether oxygens (including phenoxy) is 1. The van der Waals surface area contributed by atoms with Crippen molar-refractivity contribution in [3.05, 3.63) is 51.8 Å². The van der Waals surface area contributed by atoms with E-state index in [1.54, 1.807) is 7.11 Å². The van der Waals surface area contributed by atoms with Gasteiger partial charge in [0.25, 0.3) is 5.56 Å². The molecule has 2 N–H and O–H groups in total. The number of pyridine rings is 1. The third kappa shape index (κ3) is 3.22. The van der Waals surface area contributed by atoms with Gasteiger partial charge < -0.3 is 15.0 Å². The number of rotatable bonds is 5. The molecule has 22 heavy (non-hydrogen) atoms. The second-order valence-corrected chi connectivity index (χ2v) is 5.94. The number of methoxy groups -OCH3 is 1. The molecule has 118 valence electrons. The molecule has 0 fully saturated rings. The average Bonchev–Trinajstić information content (AvgIpc) is 2.48. The first-order chi connectivity index (χ1) is 10.5. The van der Waals surface area contributed by atoms with Crippen molar-refractivity contribution in [1.82, 2.24) is 4.57 Å². The molecule has 0 radical (unpaired) electrons. The normalized spacial score (nSPS) is 11.0. The minimum Gasteiger partial charge on any atom is -0.496 e. The maximum atomic E-state index is 12.6. The highest BCUT2D eigenvalue weighted by Crippen LogP contribution is 2.26. The van der Waals surface area contributed by atoms with Gasteiger partial charge in [0, 0.05) is 18.7 Å². The lowest BCUT2D eigenvalue weighted by Gasteiger charge is -2.17. The summed E-state index contributed by atoms with van der Waals surface area (Å²) >= 11 is 0. The van der Waals surface area contributed by atoms with Crippen LogP contribution in [-0.4, -0.2) is 11.7 Å². The molecule has 0 unspecified atom stereocenters. The van der Waals surface area contributed by atoms with Gasteiger partial charge in [0.2, 0.25) is 0 Å². The first kappa shape index (κ1) is 16.3. The van der Waals surface area contributed by atoms with E-state index in [9.17, 15) is 4.79 Å². The van der Waals surface area contributed by atoms with Crippen molar-refractivity contribution in [1.29, 1.82) is 0 Å². The number of hydrogen-bond acceptors (Lipinski definition) is 3. The zero-order valence-corrected chi connectivity index (χ0v) is 13.7. The van der Waals surface area contributed by atoms with Gasteiger partial charge in [-0.3, -0.25) is 4.79 Å². The molecule has 1 heterocycles. The van der Waals surface area contributed by atoms with Crippen LogP contribution >= 0.6 is 0 Å². The molecule has 2 aromatic rings. The summed E-state index contributed by atoms with van der Waals surface area (Å²) in [6, 6.07) is 9.78. The molecule has 0 atom stereocenters. The third-order valence-electron chi connectivity index (χ3n) is 3.71. The van der Waals surface area contributed by atoms with Crippen LogP contribution in [0.25, 0.3) is 11.3 Å². The minimum atomic E-state index is 0.00201. The van der Waals surface area contributed by atoms with Gasteiger partial charge in [0.05, 0.1) is 12.8 Å². The zero-order valence-electron chi connectivity index (χ0n) is 13.7. The lowest BCUT2D eigenvalue weighted by atomic mass is 10.0. The Balaban J connectivity index is 2.61. The number of hydrogen-bond donors (Lipinski definition) is 1. The third-order valence-corrected chi connectivity index (χ3v) is 3.71. The Kier molecular flexibility index (Phi) is 5.03. The molecule has 1 aromatic heterocycles. The summed E-state index contributed by atoms with van der Waals surface area (Å²) in [5, 5.41) is 0. The number of benzene rings is 1. The molecule has 0 bridgehead atoms. The molecular formula is C18H24N2O2. The van der Waals surface area contributed by atoms with Gasteiger partial charge in [-0.05, 0) is 48.2 Å². The van der Waals surface area contributed by atoms with E-state index in [1.165, 1.54) is 0 Å². The summed E-state index contributed by atoms with van der Waals surface area (Å²) in [5.41, 5.74) is 9.30. The van der Waals surface area contributed by atoms with Crippen molar-refractivity contribution >= 4 is 0 Å². The molecule has 0 aliphatic rings. The van der Waals surface area contributed by atoms with Gasteiger partial charge in [-0.2, -0.15) is 0 Å². The highest BCUT2D eigenvalue weighted by atomic mass is 16.5. The van der Waals surface area contributed by atoms with Crippen molar-refractivity contribution in [3.63, 3.8) is 0 Å². The number of aromatic nitrogens is 1. The molecule has 0 amide bonds. The monoisotopic (exact) mass is 300 g/mol. The SMILES string of the molecule is COc1ccc(-c2ccc(CN)c(=O)n2CC(C)C)cc1C. The summed E-state index contributed by atoms with van der Waals surface area (Å²) in [6.07, 6.45) is 0. The molecule has 4 heteroatoms. The highest BCUT2D eigenvalue weighted by molar-refractivity contribution is 5.62. The smallest absolute Gasteiger partial charge is 0.255 e. The molecule has 0 saturated heterocycles. The largest absolute Gasteiger partial charge is 0.496 e. The van der Waals surface area contributed by atoms with E-state index >= 15 is 0 Å². The predicted molar refractivity (Wildman–Crippen MR) is 90.2 cm³/mol. The molecule has 0 saturated carbocycles. The second kappa shape index (κ2) is 6.79. The number of nitrogens with zero attached hydrogens (tertiary/aromatic N) is 1. The maximum Gasteiger partial charge on any atom is 0.255 e. The Hall–Kier alpha value is -2.07. The van der Waals surface area contributed by atoms with Crippen LogP contribution < -0.4 is 16.0 Å². The summed E-state index contributed by atoms with van der Waals surface area (Å²) in [7, 11) is 1.66. The summed E-state index contributed by atoms with van der Waals surface area (Å²) in [6.45, 7) is 7.14. The number of aryl methyl sites for hydroxylation is 1. The number of nitrogens with two attached hydrogens (primary N) is 1. The maximum absolute atomic E-state index is 12.6. The van der Waals surface area contributed by atoms with E-state index in [0.29, 0.717) is 18.0 Å². The van der Waals surface area contributed by atoms with Crippen molar-refractivity contribution in [2.45, 2.75) is 33.9 Å². The van der Waals surface area contributed by atoms with Crippen LogP contribution in [0.1, 0.15) is 25.0 Å². The minimum absolute atomic E-state index is 0.00201. The highest BCUT2D eigenvalue weighted by Gasteiger charge is 2.12. The zero-order chi connectivity index (χ0) is 16.3. The molecule has 4 nitrogen and oxygen atoms in total. The van der Waals surface area contributed by atoms with Crippen LogP contribution in [0.15, 0.2) is 35.1 Å². The molecular weight excluding hydrogens is 276 g/mol. The van der Waals surface area contributed by atoms with Gasteiger partial charge in [-0.25, -0.2) is 0 Å². The van der Waals surface area contributed by atoms with E-state index in [4.69, 9.17) is 10.5 Å². The lowest BCUT2D eigenvalue weighted by Crippen LogP contribution is -2.28. The van der Waals surface area contributed by atoms with Crippen molar-refractivity contribution in [2.75, 3.05) is 7.11 Å². The topological polar surface area (TPSA) is 57.2 Å². The summed E-state index contributed by atoms with van der Waals surface area (Å²) in [4.78, 5) is 12.6. The van der Waals surface area contributed by atoms with E-state index in [2.05, 4.69) is 13.8 Å². The first-order valence-corrected chi connectivity index (χ1v) is 7.55. The summed E-state index contributed by atoms with van der Waals surface area (Å²) in [5.74, 6) is 1.23. The van der Waals surface area contributed by atoms with E-state index in [-0.39, 0.29) is 12.1 Å². The second-order valence-electron chi connectivity index (χ2n) is 5.94. The Morgan fingerprint density at radius 1 is 1.23 bits per heavy atom. The quantitative estimate of drug-likeness (QED) is 0.923. The molecule has 0 aliphatic carbocycles. The molecule has 1 aromatic carbocycles. The van der Waals surface area contributed by atoms with Gasteiger partial charge in [-0.1, -0.05) is 19.9 Å². The van der Waals surface area contributed by atoms with E-state index in [0.717, 1.165) is 22.6 Å². The van der Waals surface area contributed by atoms with Gasteiger partial charge in [0.15, 0.2) is 0 Å².